The van der Waals surface area contributed by atoms with Gasteiger partial charge in [-0.25, -0.2) is 9.97 Å². The highest BCUT2D eigenvalue weighted by Gasteiger charge is 2.52. The number of carbonyl (C=O) groups is 1. The minimum absolute atomic E-state index is 0.126. The SMILES string of the molecule is CC(C)(C)C(=O)Nc1ncc2c(B3OC(C)(C)C(C)(C)O3)cccc2n1. The summed E-state index contributed by atoms with van der Waals surface area (Å²) in [5.74, 6) is 0.169. The summed E-state index contributed by atoms with van der Waals surface area (Å²) in [5, 5.41) is 3.61. The molecule has 1 N–H and O–H groups in total. The van der Waals surface area contributed by atoms with Gasteiger partial charge in [-0.15, -0.1) is 0 Å². The van der Waals surface area contributed by atoms with Crippen LogP contribution in [-0.2, 0) is 14.1 Å². The fraction of sp³-hybridized carbons (Fsp3) is 0.526. The van der Waals surface area contributed by atoms with Gasteiger partial charge in [0.25, 0.3) is 0 Å². The molecule has 26 heavy (non-hydrogen) atoms. The highest BCUT2D eigenvalue weighted by molar-refractivity contribution is 6.65. The molecule has 6 nitrogen and oxygen atoms in total. The van der Waals surface area contributed by atoms with Crippen molar-refractivity contribution >= 4 is 35.3 Å². The molecule has 0 unspecified atom stereocenters. The number of carbonyl (C=O) groups excluding carboxylic acids is 1. The molecule has 1 saturated heterocycles. The van der Waals surface area contributed by atoms with Crippen molar-refractivity contribution < 1.29 is 14.1 Å². The fourth-order valence-electron chi connectivity index (χ4n) is 2.60. The first-order valence-electron chi connectivity index (χ1n) is 8.83. The molecule has 0 spiro atoms. The zero-order valence-electron chi connectivity index (χ0n) is 16.5. The van der Waals surface area contributed by atoms with Gasteiger partial charge < -0.3 is 9.31 Å². The molecule has 7 heteroatoms. The molecule has 0 aliphatic carbocycles. The zero-order chi connectivity index (χ0) is 19.3. The Morgan fingerprint density at radius 2 is 1.73 bits per heavy atom. The number of fused-ring (bicyclic) bond motifs is 1. The molecule has 138 valence electrons. The third-order valence-electron chi connectivity index (χ3n) is 5.07. The van der Waals surface area contributed by atoms with Crippen LogP contribution in [0.3, 0.4) is 0 Å². The summed E-state index contributed by atoms with van der Waals surface area (Å²) in [7, 11) is -0.484. The van der Waals surface area contributed by atoms with Crippen LogP contribution >= 0.6 is 0 Å². The van der Waals surface area contributed by atoms with Crippen LogP contribution in [0.1, 0.15) is 48.5 Å². The fourth-order valence-corrected chi connectivity index (χ4v) is 2.60. The maximum atomic E-state index is 12.2. The quantitative estimate of drug-likeness (QED) is 0.839. The summed E-state index contributed by atoms with van der Waals surface area (Å²) in [4.78, 5) is 20.9. The van der Waals surface area contributed by atoms with Crippen molar-refractivity contribution in [2.45, 2.75) is 59.7 Å². The van der Waals surface area contributed by atoms with Gasteiger partial charge in [-0.2, -0.15) is 0 Å². The molecule has 1 amide bonds. The van der Waals surface area contributed by atoms with Gasteiger partial charge in [0.05, 0.1) is 16.7 Å². The lowest BCUT2D eigenvalue weighted by atomic mass is 9.77. The minimum Gasteiger partial charge on any atom is -0.399 e. The lowest BCUT2D eigenvalue weighted by Crippen LogP contribution is -2.41. The van der Waals surface area contributed by atoms with Crippen LogP contribution < -0.4 is 10.8 Å². The van der Waals surface area contributed by atoms with Crippen LogP contribution in [0.5, 0.6) is 0 Å². The second-order valence-electron chi connectivity index (χ2n) is 8.77. The van der Waals surface area contributed by atoms with Gasteiger partial charge in [-0.05, 0) is 39.2 Å². The Bertz CT molecular complexity index is 843. The maximum absolute atomic E-state index is 12.2. The zero-order valence-corrected chi connectivity index (χ0v) is 16.5. The molecule has 0 bridgehead atoms. The van der Waals surface area contributed by atoms with E-state index in [9.17, 15) is 4.79 Å². The third-order valence-corrected chi connectivity index (χ3v) is 5.07. The van der Waals surface area contributed by atoms with E-state index in [0.29, 0.717) is 5.95 Å². The molecule has 3 rings (SSSR count). The highest BCUT2D eigenvalue weighted by atomic mass is 16.7. The molecule has 1 aliphatic rings. The largest absolute Gasteiger partial charge is 0.495 e. The second-order valence-corrected chi connectivity index (χ2v) is 8.77. The van der Waals surface area contributed by atoms with Crippen molar-refractivity contribution in [3.05, 3.63) is 24.4 Å². The second kappa shape index (κ2) is 6.03. The van der Waals surface area contributed by atoms with Crippen molar-refractivity contribution in [3.8, 4) is 0 Å². The number of rotatable bonds is 2. The van der Waals surface area contributed by atoms with Gasteiger partial charge in [0.1, 0.15) is 0 Å². The Morgan fingerprint density at radius 1 is 1.12 bits per heavy atom. The number of nitrogens with zero attached hydrogens (tertiary/aromatic N) is 2. The average Bonchev–Trinajstić information content (AvgIpc) is 2.73. The summed E-state index contributed by atoms with van der Waals surface area (Å²) in [6.07, 6.45) is 1.71. The van der Waals surface area contributed by atoms with Gasteiger partial charge in [0.15, 0.2) is 0 Å². The van der Waals surface area contributed by atoms with Crippen LogP contribution in [-0.4, -0.2) is 34.2 Å². The van der Waals surface area contributed by atoms with Crippen molar-refractivity contribution in [2.75, 3.05) is 5.32 Å². The van der Waals surface area contributed by atoms with Crippen LogP contribution in [0.25, 0.3) is 10.9 Å². The summed E-state index contributed by atoms with van der Waals surface area (Å²) >= 11 is 0. The van der Waals surface area contributed by atoms with Crippen LogP contribution in [0.4, 0.5) is 5.95 Å². The molecule has 0 atom stereocenters. The third kappa shape index (κ3) is 3.33. The Morgan fingerprint density at radius 3 is 2.31 bits per heavy atom. The van der Waals surface area contributed by atoms with Gasteiger partial charge in [0, 0.05) is 17.0 Å². The van der Waals surface area contributed by atoms with E-state index >= 15 is 0 Å². The van der Waals surface area contributed by atoms with E-state index in [-0.39, 0.29) is 5.91 Å². The van der Waals surface area contributed by atoms with E-state index in [1.54, 1.807) is 6.20 Å². The van der Waals surface area contributed by atoms with Gasteiger partial charge >= 0.3 is 7.12 Å². The van der Waals surface area contributed by atoms with Crippen LogP contribution in [0.15, 0.2) is 24.4 Å². The summed E-state index contributed by atoms with van der Waals surface area (Å²) in [5.41, 5.74) is 0.275. The number of aromatic nitrogens is 2. The monoisotopic (exact) mass is 355 g/mol. The van der Waals surface area contributed by atoms with Crippen molar-refractivity contribution in [2.24, 2.45) is 5.41 Å². The molecular formula is C19H26BN3O3. The molecule has 1 aromatic heterocycles. The smallest absolute Gasteiger partial charge is 0.399 e. The number of hydrogen-bond acceptors (Lipinski definition) is 5. The van der Waals surface area contributed by atoms with E-state index in [1.807, 2.05) is 66.7 Å². The summed E-state index contributed by atoms with van der Waals surface area (Å²) in [6, 6.07) is 5.75. The first-order chi connectivity index (χ1) is 11.9. The predicted octanol–water partition coefficient (Wildman–Crippen LogP) is 2.91. The highest BCUT2D eigenvalue weighted by Crippen LogP contribution is 2.36. The number of anilines is 1. The molecular weight excluding hydrogens is 329 g/mol. The van der Waals surface area contributed by atoms with E-state index < -0.39 is 23.7 Å². The van der Waals surface area contributed by atoms with Crippen molar-refractivity contribution in [1.82, 2.24) is 9.97 Å². The first-order valence-corrected chi connectivity index (χ1v) is 8.83. The van der Waals surface area contributed by atoms with Crippen LogP contribution in [0, 0.1) is 5.41 Å². The Hall–Kier alpha value is -1.99. The molecule has 1 aromatic carbocycles. The molecule has 1 fully saturated rings. The van der Waals surface area contributed by atoms with E-state index in [2.05, 4.69) is 15.3 Å². The van der Waals surface area contributed by atoms with E-state index in [0.717, 1.165) is 16.4 Å². The number of nitrogens with one attached hydrogen (secondary N) is 1. The summed E-state index contributed by atoms with van der Waals surface area (Å²) < 4.78 is 12.3. The molecule has 0 radical (unpaired) electrons. The normalized spacial score (nSPS) is 19.0. The van der Waals surface area contributed by atoms with Crippen molar-refractivity contribution in [3.63, 3.8) is 0 Å². The predicted molar refractivity (Wildman–Crippen MR) is 103 cm³/mol. The van der Waals surface area contributed by atoms with Gasteiger partial charge in [-0.3, -0.25) is 10.1 Å². The Labute approximate surface area is 154 Å². The number of amides is 1. The number of benzene rings is 1. The maximum Gasteiger partial charge on any atom is 0.495 e. The summed E-state index contributed by atoms with van der Waals surface area (Å²) in [6.45, 7) is 13.6. The average molecular weight is 355 g/mol. The first kappa shape index (κ1) is 18.8. The minimum atomic E-state index is -0.511. The number of hydrogen-bond donors (Lipinski definition) is 1. The van der Waals surface area contributed by atoms with E-state index in [4.69, 9.17) is 9.31 Å². The van der Waals surface area contributed by atoms with Crippen molar-refractivity contribution in [1.29, 1.82) is 0 Å². The van der Waals surface area contributed by atoms with Crippen LogP contribution in [0.2, 0.25) is 0 Å². The lowest BCUT2D eigenvalue weighted by molar-refractivity contribution is -0.123. The lowest BCUT2D eigenvalue weighted by Gasteiger charge is -2.32. The Balaban J connectivity index is 1.94. The molecule has 0 saturated carbocycles. The topological polar surface area (TPSA) is 73.3 Å². The standard InChI is InChI=1S/C19H26BN3O3/c1-17(2,3)15(24)23-16-21-11-12-13(9-8-10-14(12)22-16)20-25-18(4,5)19(6,7)26-20/h8-11H,1-7H3,(H,21,22,23,24). The van der Waals surface area contributed by atoms with Gasteiger partial charge in [0.2, 0.25) is 11.9 Å². The molecule has 2 heterocycles. The Kier molecular flexibility index (Phi) is 4.36. The van der Waals surface area contributed by atoms with Gasteiger partial charge in [-0.1, -0.05) is 32.9 Å². The molecule has 1 aliphatic heterocycles. The molecule has 2 aromatic rings. The van der Waals surface area contributed by atoms with E-state index in [1.165, 1.54) is 0 Å².